The Bertz CT molecular complexity index is 924. The van der Waals surface area contributed by atoms with Gasteiger partial charge in [0.1, 0.15) is 17.3 Å². The summed E-state index contributed by atoms with van der Waals surface area (Å²) in [6, 6.07) is 15.1. The van der Waals surface area contributed by atoms with E-state index in [4.69, 9.17) is 4.74 Å². The predicted molar refractivity (Wildman–Crippen MR) is 112 cm³/mol. The van der Waals surface area contributed by atoms with Crippen LogP contribution in [0, 0.1) is 0 Å². The summed E-state index contributed by atoms with van der Waals surface area (Å²) in [6.45, 7) is 2.50. The van der Waals surface area contributed by atoms with Crippen molar-refractivity contribution in [2.45, 2.75) is 6.92 Å². The van der Waals surface area contributed by atoms with Crippen molar-refractivity contribution in [2.75, 3.05) is 36.2 Å². The normalized spacial score (nSPS) is 10.2. The molecule has 0 radical (unpaired) electrons. The summed E-state index contributed by atoms with van der Waals surface area (Å²) in [5, 5.41) is 5.97. The summed E-state index contributed by atoms with van der Waals surface area (Å²) < 4.78 is 5.58. The van der Waals surface area contributed by atoms with Gasteiger partial charge in [-0.1, -0.05) is 12.1 Å². The number of aromatic nitrogens is 2. The molecule has 0 aliphatic carbocycles. The zero-order chi connectivity index (χ0) is 19.9. The fraction of sp³-hybridized carbons (Fsp3) is 0.190. The van der Waals surface area contributed by atoms with Crippen LogP contribution in [0.4, 0.5) is 22.9 Å². The maximum absolute atomic E-state index is 12.4. The van der Waals surface area contributed by atoms with Gasteiger partial charge in [-0.05, 0) is 43.3 Å². The maximum Gasteiger partial charge on any atom is 0.275 e. The van der Waals surface area contributed by atoms with Crippen LogP contribution in [0.25, 0.3) is 0 Å². The highest BCUT2D eigenvalue weighted by Crippen LogP contribution is 2.26. The first-order valence-corrected chi connectivity index (χ1v) is 8.96. The number of carbonyl (C=O) groups is 1. The Balaban J connectivity index is 1.66. The lowest BCUT2D eigenvalue weighted by Crippen LogP contribution is -2.14. The van der Waals surface area contributed by atoms with Crippen LogP contribution in [-0.2, 0) is 0 Å². The van der Waals surface area contributed by atoms with Crippen molar-refractivity contribution in [2.24, 2.45) is 0 Å². The number of rotatable bonds is 7. The van der Waals surface area contributed by atoms with Gasteiger partial charge in [0, 0.05) is 25.5 Å². The Morgan fingerprint density at radius 2 is 1.79 bits per heavy atom. The van der Waals surface area contributed by atoms with Crippen LogP contribution in [0.2, 0.25) is 0 Å². The maximum atomic E-state index is 12.4. The molecule has 28 heavy (non-hydrogen) atoms. The van der Waals surface area contributed by atoms with E-state index in [0.29, 0.717) is 18.1 Å². The molecule has 0 saturated carbocycles. The van der Waals surface area contributed by atoms with Crippen molar-refractivity contribution in [3.05, 3.63) is 66.6 Å². The first kappa shape index (κ1) is 19.2. The number of amides is 1. The summed E-state index contributed by atoms with van der Waals surface area (Å²) in [5.41, 5.74) is 2.78. The molecule has 7 heteroatoms. The molecule has 1 amide bonds. The van der Waals surface area contributed by atoms with Crippen LogP contribution in [0.3, 0.4) is 0 Å². The van der Waals surface area contributed by atoms with Gasteiger partial charge in [0.15, 0.2) is 0 Å². The van der Waals surface area contributed by atoms with Gasteiger partial charge < -0.3 is 20.3 Å². The average Bonchev–Trinajstić information content (AvgIpc) is 2.70. The lowest BCUT2D eigenvalue weighted by molar-refractivity contribution is 0.102. The number of benzene rings is 2. The zero-order valence-electron chi connectivity index (χ0n) is 16.1. The second kappa shape index (κ2) is 8.85. The molecule has 144 valence electrons. The second-order valence-electron chi connectivity index (χ2n) is 6.24. The minimum atomic E-state index is -0.314. The molecule has 3 rings (SSSR count). The van der Waals surface area contributed by atoms with Gasteiger partial charge in [-0.2, -0.15) is 0 Å². The molecule has 0 spiro atoms. The molecule has 0 aliphatic rings. The number of nitrogens with zero attached hydrogens (tertiary/aromatic N) is 3. The molecule has 0 aliphatic heterocycles. The fourth-order valence-electron chi connectivity index (χ4n) is 2.54. The topological polar surface area (TPSA) is 79.4 Å². The van der Waals surface area contributed by atoms with Gasteiger partial charge in [-0.3, -0.25) is 4.79 Å². The van der Waals surface area contributed by atoms with Gasteiger partial charge in [0.25, 0.3) is 5.91 Å². The van der Waals surface area contributed by atoms with Crippen LogP contribution in [0.1, 0.15) is 17.4 Å². The van der Waals surface area contributed by atoms with Crippen LogP contribution < -0.4 is 20.3 Å². The molecule has 7 nitrogen and oxygen atoms in total. The summed E-state index contributed by atoms with van der Waals surface area (Å²) in [7, 11) is 3.93. The Kier molecular flexibility index (Phi) is 6.06. The number of carbonyl (C=O) groups excluding carboxylic acids is 1. The third kappa shape index (κ3) is 4.76. The highest BCUT2D eigenvalue weighted by molar-refractivity contribution is 6.02. The van der Waals surface area contributed by atoms with E-state index in [1.807, 2.05) is 74.4 Å². The molecule has 0 saturated heterocycles. The third-order valence-electron chi connectivity index (χ3n) is 3.98. The van der Waals surface area contributed by atoms with Crippen molar-refractivity contribution in [1.82, 2.24) is 9.97 Å². The number of nitrogens with one attached hydrogen (secondary N) is 2. The van der Waals surface area contributed by atoms with Gasteiger partial charge in [0.05, 0.1) is 24.7 Å². The molecule has 0 unspecified atom stereocenters. The van der Waals surface area contributed by atoms with E-state index in [1.165, 1.54) is 12.4 Å². The first-order valence-electron chi connectivity index (χ1n) is 8.96. The molecular weight excluding hydrogens is 354 g/mol. The number of ether oxygens (including phenoxy) is 1. The van der Waals surface area contributed by atoms with Crippen molar-refractivity contribution in [1.29, 1.82) is 0 Å². The van der Waals surface area contributed by atoms with E-state index in [0.717, 1.165) is 17.1 Å². The van der Waals surface area contributed by atoms with Gasteiger partial charge in [-0.15, -0.1) is 0 Å². The molecule has 0 fully saturated rings. The molecule has 1 aromatic heterocycles. The van der Waals surface area contributed by atoms with E-state index in [1.54, 1.807) is 0 Å². The zero-order valence-corrected chi connectivity index (χ0v) is 16.1. The Morgan fingerprint density at radius 3 is 2.43 bits per heavy atom. The van der Waals surface area contributed by atoms with E-state index < -0.39 is 0 Å². The molecule has 3 aromatic rings. The van der Waals surface area contributed by atoms with E-state index >= 15 is 0 Å². The highest BCUT2D eigenvalue weighted by Gasteiger charge is 2.10. The van der Waals surface area contributed by atoms with Crippen molar-refractivity contribution in [3.8, 4) is 5.75 Å². The van der Waals surface area contributed by atoms with Crippen molar-refractivity contribution >= 4 is 28.8 Å². The first-order chi connectivity index (χ1) is 13.6. The van der Waals surface area contributed by atoms with Gasteiger partial charge in [-0.25, -0.2) is 9.97 Å². The molecule has 2 aromatic carbocycles. The summed E-state index contributed by atoms with van der Waals surface area (Å²) in [6.07, 6.45) is 2.96. The fourth-order valence-corrected chi connectivity index (χ4v) is 2.54. The molecule has 0 bridgehead atoms. The number of hydrogen-bond donors (Lipinski definition) is 2. The second-order valence-corrected chi connectivity index (χ2v) is 6.24. The number of anilines is 4. The molecule has 2 N–H and O–H groups in total. The van der Waals surface area contributed by atoms with E-state index in [9.17, 15) is 4.79 Å². The quantitative estimate of drug-likeness (QED) is 0.649. The highest BCUT2D eigenvalue weighted by atomic mass is 16.5. The number of para-hydroxylation sites is 2. The van der Waals surface area contributed by atoms with Crippen molar-refractivity contribution < 1.29 is 9.53 Å². The monoisotopic (exact) mass is 377 g/mol. The summed E-state index contributed by atoms with van der Waals surface area (Å²) >= 11 is 0. The van der Waals surface area contributed by atoms with Gasteiger partial charge >= 0.3 is 0 Å². The standard InChI is InChI=1S/C21H23N5O2/c1-4-28-19-8-6-5-7-17(19)25-20-14-22-18(13-23-20)21(27)24-15-9-11-16(12-10-15)26(2)3/h5-14H,4H2,1-3H3,(H,23,25)(H,24,27). The van der Waals surface area contributed by atoms with Crippen LogP contribution in [0.15, 0.2) is 60.9 Å². The Labute approximate surface area is 164 Å². The minimum Gasteiger partial charge on any atom is -0.492 e. The van der Waals surface area contributed by atoms with Gasteiger partial charge in [0.2, 0.25) is 0 Å². The smallest absolute Gasteiger partial charge is 0.275 e. The van der Waals surface area contributed by atoms with Crippen molar-refractivity contribution in [3.63, 3.8) is 0 Å². The lowest BCUT2D eigenvalue weighted by Gasteiger charge is -2.13. The van der Waals surface area contributed by atoms with Crippen LogP contribution in [-0.4, -0.2) is 36.6 Å². The van der Waals surface area contributed by atoms with Crippen LogP contribution in [0.5, 0.6) is 5.75 Å². The Hall–Kier alpha value is -3.61. The summed E-state index contributed by atoms with van der Waals surface area (Å²) in [4.78, 5) is 22.9. The van der Waals surface area contributed by atoms with Crippen LogP contribution >= 0.6 is 0 Å². The Morgan fingerprint density at radius 1 is 1.04 bits per heavy atom. The molecule has 0 atom stereocenters. The van der Waals surface area contributed by atoms with E-state index in [-0.39, 0.29) is 11.6 Å². The molecule has 1 heterocycles. The largest absolute Gasteiger partial charge is 0.492 e. The minimum absolute atomic E-state index is 0.236. The van der Waals surface area contributed by atoms with E-state index in [2.05, 4.69) is 20.6 Å². The average molecular weight is 377 g/mol. The summed E-state index contributed by atoms with van der Waals surface area (Å²) in [5.74, 6) is 0.945. The SMILES string of the molecule is CCOc1ccccc1Nc1cnc(C(=O)Nc2ccc(N(C)C)cc2)cn1. The number of hydrogen-bond acceptors (Lipinski definition) is 6. The molecular formula is C21H23N5O2. The predicted octanol–water partition coefficient (Wildman–Crippen LogP) is 3.94. The third-order valence-corrected chi connectivity index (χ3v) is 3.98. The lowest BCUT2D eigenvalue weighted by atomic mass is 10.2.